The summed E-state index contributed by atoms with van der Waals surface area (Å²) >= 11 is 6.51. The molecule has 6 nitrogen and oxygen atoms in total. The molecule has 0 radical (unpaired) electrons. The van der Waals surface area contributed by atoms with Crippen LogP contribution in [-0.4, -0.2) is 21.8 Å². The Kier molecular flexibility index (Phi) is 6.86. The molecular weight excluding hydrogens is 448 g/mol. The largest absolute Gasteiger partial charge is 0.338 e. The van der Waals surface area contributed by atoms with Crippen molar-refractivity contribution in [2.24, 2.45) is 11.8 Å². The Morgan fingerprint density at radius 2 is 1.35 bits per heavy atom. The first-order valence-electron chi connectivity index (χ1n) is 12.5. The van der Waals surface area contributed by atoms with E-state index in [-0.39, 0.29) is 23.7 Å². The fourth-order valence-corrected chi connectivity index (χ4v) is 5.48. The highest BCUT2D eigenvalue weighted by Crippen LogP contribution is 2.31. The number of carbonyl (C=O) groups excluding carboxylic acids is 2. The van der Waals surface area contributed by atoms with E-state index in [1.54, 1.807) is 6.07 Å². The van der Waals surface area contributed by atoms with Crippen LogP contribution in [0.25, 0.3) is 22.4 Å². The van der Waals surface area contributed by atoms with Gasteiger partial charge in [0, 0.05) is 28.8 Å². The molecule has 2 aromatic carbocycles. The normalized spacial score (nSPS) is 17.6. The standard InChI is InChI=1S/C27H31ClN4O2/c28-22-15-21(30-27(34)19-9-5-2-6-10-19)16-23-24(22)32-25(31-23)17-11-13-20(14-12-17)29-26(33)18-7-3-1-4-8-18/h11-16,18-19H,1-10H2,(H,29,33)(H,30,34)(H,31,32). The van der Waals surface area contributed by atoms with Crippen molar-refractivity contribution < 1.29 is 9.59 Å². The van der Waals surface area contributed by atoms with Gasteiger partial charge in [0.1, 0.15) is 11.3 Å². The lowest BCUT2D eigenvalue weighted by atomic mass is 9.88. The topological polar surface area (TPSA) is 86.9 Å². The lowest BCUT2D eigenvalue weighted by Gasteiger charge is -2.20. The zero-order valence-electron chi connectivity index (χ0n) is 19.3. The third-order valence-corrected chi connectivity index (χ3v) is 7.47. The van der Waals surface area contributed by atoms with Crippen molar-refractivity contribution in [1.82, 2.24) is 9.97 Å². The van der Waals surface area contributed by atoms with Gasteiger partial charge in [0.15, 0.2) is 0 Å². The summed E-state index contributed by atoms with van der Waals surface area (Å²) in [6, 6.07) is 11.3. The van der Waals surface area contributed by atoms with Crippen molar-refractivity contribution in [3.63, 3.8) is 0 Å². The highest BCUT2D eigenvalue weighted by molar-refractivity contribution is 6.35. The molecule has 3 N–H and O–H groups in total. The number of benzene rings is 2. The third kappa shape index (κ3) is 5.12. The SMILES string of the molecule is O=C(Nc1ccc(-c2nc3c(Cl)cc(NC(=O)C4CCCCC4)cc3[nH]2)cc1)C1CCCCC1. The monoisotopic (exact) mass is 478 g/mol. The predicted octanol–water partition coefficient (Wildman–Crippen LogP) is 6.92. The minimum absolute atomic E-state index is 0.0701. The summed E-state index contributed by atoms with van der Waals surface area (Å²) < 4.78 is 0. The molecule has 2 saturated carbocycles. The Morgan fingerprint density at radius 3 is 1.94 bits per heavy atom. The van der Waals surface area contributed by atoms with E-state index in [1.165, 1.54) is 12.8 Å². The summed E-state index contributed by atoms with van der Waals surface area (Å²) in [6.45, 7) is 0. The minimum Gasteiger partial charge on any atom is -0.338 e. The molecule has 2 aliphatic rings. The van der Waals surface area contributed by atoms with E-state index in [2.05, 4.69) is 20.6 Å². The van der Waals surface area contributed by atoms with Gasteiger partial charge in [-0.2, -0.15) is 0 Å². The number of nitrogens with one attached hydrogen (secondary N) is 3. The van der Waals surface area contributed by atoms with E-state index in [1.807, 2.05) is 30.3 Å². The van der Waals surface area contributed by atoms with E-state index in [9.17, 15) is 9.59 Å². The van der Waals surface area contributed by atoms with Crippen LogP contribution in [0.2, 0.25) is 5.02 Å². The Labute approximate surface area is 204 Å². The molecular formula is C27H31ClN4O2. The van der Waals surface area contributed by atoms with Crippen LogP contribution in [0, 0.1) is 11.8 Å². The van der Waals surface area contributed by atoms with Crippen molar-refractivity contribution in [1.29, 1.82) is 0 Å². The van der Waals surface area contributed by atoms with Crippen molar-refractivity contribution >= 4 is 45.8 Å². The number of nitrogens with zero attached hydrogens (tertiary/aromatic N) is 1. The van der Waals surface area contributed by atoms with Gasteiger partial charge in [-0.25, -0.2) is 4.98 Å². The summed E-state index contributed by atoms with van der Waals surface area (Å²) in [4.78, 5) is 33.1. The number of H-pyrrole nitrogens is 1. The summed E-state index contributed by atoms with van der Waals surface area (Å²) in [5.41, 5.74) is 3.82. The van der Waals surface area contributed by atoms with Crippen LogP contribution in [0.1, 0.15) is 64.2 Å². The molecule has 0 unspecified atom stereocenters. The van der Waals surface area contributed by atoms with Gasteiger partial charge >= 0.3 is 0 Å². The van der Waals surface area contributed by atoms with Crippen LogP contribution in [0.3, 0.4) is 0 Å². The van der Waals surface area contributed by atoms with Gasteiger partial charge in [0.25, 0.3) is 0 Å². The summed E-state index contributed by atoms with van der Waals surface area (Å²) in [5, 5.41) is 6.58. The number of hydrogen-bond donors (Lipinski definition) is 3. The lowest BCUT2D eigenvalue weighted by molar-refractivity contribution is -0.121. The van der Waals surface area contributed by atoms with Crippen molar-refractivity contribution in [3.05, 3.63) is 41.4 Å². The van der Waals surface area contributed by atoms with Gasteiger partial charge in [0.2, 0.25) is 11.8 Å². The fourth-order valence-electron chi connectivity index (χ4n) is 5.21. The van der Waals surface area contributed by atoms with Crippen LogP contribution in [0.5, 0.6) is 0 Å². The van der Waals surface area contributed by atoms with Gasteiger partial charge in [-0.15, -0.1) is 0 Å². The number of hydrogen-bond acceptors (Lipinski definition) is 3. The van der Waals surface area contributed by atoms with Gasteiger partial charge < -0.3 is 15.6 Å². The number of aromatic nitrogens is 2. The molecule has 0 aliphatic heterocycles. The zero-order valence-corrected chi connectivity index (χ0v) is 20.1. The van der Waals surface area contributed by atoms with Crippen LogP contribution in [0.4, 0.5) is 11.4 Å². The molecule has 5 rings (SSSR count). The van der Waals surface area contributed by atoms with E-state index >= 15 is 0 Å². The van der Waals surface area contributed by atoms with Gasteiger partial charge in [0.05, 0.1) is 10.5 Å². The van der Waals surface area contributed by atoms with Gasteiger partial charge in [-0.1, -0.05) is 50.1 Å². The molecule has 0 atom stereocenters. The second kappa shape index (κ2) is 10.2. The lowest BCUT2D eigenvalue weighted by Crippen LogP contribution is -2.24. The smallest absolute Gasteiger partial charge is 0.227 e. The maximum atomic E-state index is 12.6. The molecule has 0 saturated heterocycles. The molecule has 2 aliphatic carbocycles. The predicted molar refractivity (Wildman–Crippen MR) is 137 cm³/mol. The highest BCUT2D eigenvalue weighted by atomic mass is 35.5. The summed E-state index contributed by atoms with van der Waals surface area (Å²) in [7, 11) is 0. The number of halogens is 1. The first-order chi connectivity index (χ1) is 16.6. The molecule has 2 fully saturated rings. The molecule has 34 heavy (non-hydrogen) atoms. The summed E-state index contributed by atoms with van der Waals surface area (Å²) in [5.74, 6) is 1.08. The Morgan fingerprint density at radius 1 is 0.794 bits per heavy atom. The van der Waals surface area contributed by atoms with Crippen LogP contribution < -0.4 is 10.6 Å². The molecule has 1 aromatic heterocycles. The Balaban J connectivity index is 1.29. The van der Waals surface area contributed by atoms with Crippen molar-refractivity contribution in [2.45, 2.75) is 64.2 Å². The van der Waals surface area contributed by atoms with E-state index in [4.69, 9.17) is 11.6 Å². The minimum atomic E-state index is 0.0701. The average molecular weight is 479 g/mol. The van der Waals surface area contributed by atoms with Crippen LogP contribution in [-0.2, 0) is 9.59 Å². The molecule has 1 heterocycles. The highest BCUT2D eigenvalue weighted by Gasteiger charge is 2.22. The number of carbonyl (C=O) groups is 2. The fraction of sp³-hybridized carbons (Fsp3) is 0.444. The van der Waals surface area contributed by atoms with Gasteiger partial charge in [-0.3, -0.25) is 9.59 Å². The molecule has 0 bridgehead atoms. The van der Waals surface area contributed by atoms with Crippen molar-refractivity contribution in [2.75, 3.05) is 10.6 Å². The number of rotatable bonds is 5. The molecule has 0 spiro atoms. The quantitative estimate of drug-likeness (QED) is 0.372. The average Bonchev–Trinajstić information content (AvgIpc) is 3.30. The second-order valence-corrected chi connectivity index (χ2v) is 10.1. The van der Waals surface area contributed by atoms with Crippen LogP contribution >= 0.6 is 11.6 Å². The second-order valence-electron chi connectivity index (χ2n) is 9.67. The molecule has 2 amide bonds. The maximum absolute atomic E-state index is 12.6. The summed E-state index contributed by atoms with van der Waals surface area (Å²) in [6.07, 6.45) is 10.8. The Bertz CT molecular complexity index is 1180. The zero-order chi connectivity index (χ0) is 23.5. The van der Waals surface area contributed by atoms with E-state index in [0.717, 1.165) is 68.1 Å². The number of fused-ring (bicyclic) bond motifs is 1. The number of amides is 2. The number of aromatic amines is 1. The van der Waals surface area contributed by atoms with E-state index in [0.29, 0.717) is 22.1 Å². The molecule has 178 valence electrons. The third-order valence-electron chi connectivity index (χ3n) is 7.19. The van der Waals surface area contributed by atoms with Gasteiger partial charge in [-0.05, 0) is 62.1 Å². The van der Waals surface area contributed by atoms with E-state index < -0.39 is 0 Å². The number of anilines is 2. The number of imidazole rings is 1. The van der Waals surface area contributed by atoms with Crippen LogP contribution in [0.15, 0.2) is 36.4 Å². The Hall–Kier alpha value is -2.86. The first-order valence-corrected chi connectivity index (χ1v) is 12.9. The maximum Gasteiger partial charge on any atom is 0.227 e. The molecule has 3 aromatic rings. The molecule has 7 heteroatoms. The first kappa shape index (κ1) is 22.9. The van der Waals surface area contributed by atoms with Crippen molar-refractivity contribution in [3.8, 4) is 11.4 Å².